The maximum absolute atomic E-state index is 12.2. The van der Waals surface area contributed by atoms with Crippen molar-refractivity contribution in [3.05, 3.63) is 68.9 Å². The van der Waals surface area contributed by atoms with Crippen LogP contribution in [0, 0.1) is 0 Å². The number of fused-ring (bicyclic) bond motifs is 2. The minimum atomic E-state index is -3.22. The molecule has 0 unspecified atom stereocenters. The van der Waals surface area contributed by atoms with E-state index >= 15 is 0 Å². The first-order valence-corrected chi connectivity index (χ1v) is 11.4. The largest absolute Gasteiger partial charge is 0.353 e. The fourth-order valence-electron chi connectivity index (χ4n) is 3.66. The maximum atomic E-state index is 12.2. The van der Waals surface area contributed by atoms with E-state index in [1.807, 2.05) is 30.5 Å². The van der Waals surface area contributed by atoms with Crippen molar-refractivity contribution < 1.29 is 8.42 Å². The van der Waals surface area contributed by atoms with Crippen LogP contribution in [0.15, 0.2) is 62.8 Å². The smallest absolute Gasteiger partial charge is 0.189 e. The lowest BCUT2D eigenvalue weighted by atomic mass is 10.0. The van der Waals surface area contributed by atoms with E-state index in [-0.39, 0.29) is 5.43 Å². The number of aromatic nitrogens is 1. The molecule has 0 spiro atoms. The number of sulfone groups is 1. The third kappa shape index (κ3) is 3.41. The Hall–Kier alpha value is -2.12. The van der Waals surface area contributed by atoms with Gasteiger partial charge in [0.1, 0.15) is 0 Å². The minimum absolute atomic E-state index is 0.000566. The summed E-state index contributed by atoms with van der Waals surface area (Å²) in [5, 5.41) is 0.677. The van der Waals surface area contributed by atoms with Gasteiger partial charge in [0, 0.05) is 40.6 Å². The third-order valence-electron chi connectivity index (χ3n) is 4.96. The zero-order valence-electron chi connectivity index (χ0n) is 14.9. The molecule has 0 radical (unpaired) electrons. The van der Waals surface area contributed by atoms with Crippen molar-refractivity contribution in [2.75, 3.05) is 17.7 Å². The fraction of sp³-hybridized carbons (Fsp3) is 0.250. The molecule has 0 fully saturated rings. The second-order valence-corrected chi connectivity index (χ2v) is 9.73. The first-order valence-electron chi connectivity index (χ1n) is 8.70. The fourth-order valence-corrected chi connectivity index (χ4v) is 4.92. The standard InChI is InChI=1S/C20H19BrN2O3S/c1-27(25,26)15-7-8-18-14(12-15)4-3-10-22(18)13-23-11-9-19(24)16-5-2-6-17(21)20(16)23/h2,5-9,11-12H,3-4,10,13H2,1H3. The number of hydrogen-bond acceptors (Lipinski definition) is 4. The predicted molar refractivity (Wildman–Crippen MR) is 111 cm³/mol. The van der Waals surface area contributed by atoms with Crippen LogP contribution >= 0.6 is 15.9 Å². The van der Waals surface area contributed by atoms with Crippen LogP contribution in [0.25, 0.3) is 10.9 Å². The highest BCUT2D eigenvalue weighted by molar-refractivity contribution is 9.10. The van der Waals surface area contributed by atoms with Crippen molar-refractivity contribution in [1.82, 2.24) is 4.57 Å². The summed E-state index contributed by atoms with van der Waals surface area (Å²) < 4.78 is 26.6. The molecule has 4 rings (SSSR count). The summed E-state index contributed by atoms with van der Waals surface area (Å²) in [7, 11) is -3.22. The summed E-state index contributed by atoms with van der Waals surface area (Å²) in [6.07, 6.45) is 4.87. The molecule has 7 heteroatoms. The van der Waals surface area contributed by atoms with Gasteiger partial charge in [0.25, 0.3) is 0 Å². The van der Waals surface area contributed by atoms with Gasteiger partial charge in [0.05, 0.1) is 17.1 Å². The Morgan fingerprint density at radius 3 is 2.74 bits per heavy atom. The Morgan fingerprint density at radius 2 is 1.96 bits per heavy atom. The first kappa shape index (κ1) is 18.3. The third-order valence-corrected chi connectivity index (χ3v) is 6.71. The Bertz CT molecular complexity index is 1200. The molecule has 2 aromatic carbocycles. The molecule has 0 saturated heterocycles. The van der Waals surface area contributed by atoms with E-state index in [2.05, 4.69) is 25.4 Å². The highest BCUT2D eigenvalue weighted by Crippen LogP contribution is 2.31. The van der Waals surface area contributed by atoms with Crippen LogP contribution in [0.4, 0.5) is 5.69 Å². The molecule has 140 valence electrons. The lowest BCUT2D eigenvalue weighted by molar-refractivity contribution is 0.598. The van der Waals surface area contributed by atoms with Crippen molar-refractivity contribution in [1.29, 1.82) is 0 Å². The number of benzene rings is 2. The van der Waals surface area contributed by atoms with Crippen molar-refractivity contribution in [3.8, 4) is 0 Å². The number of rotatable bonds is 3. The van der Waals surface area contributed by atoms with E-state index in [1.54, 1.807) is 18.2 Å². The molecule has 0 N–H and O–H groups in total. The van der Waals surface area contributed by atoms with Gasteiger partial charge in [-0.05, 0) is 64.7 Å². The molecule has 0 aliphatic carbocycles. The molecule has 1 aliphatic rings. The van der Waals surface area contributed by atoms with Gasteiger partial charge in [-0.25, -0.2) is 8.42 Å². The van der Waals surface area contributed by atoms with Crippen molar-refractivity contribution in [3.63, 3.8) is 0 Å². The number of aryl methyl sites for hydroxylation is 1. The molecule has 2 heterocycles. The maximum Gasteiger partial charge on any atom is 0.189 e. The van der Waals surface area contributed by atoms with E-state index in [9.17, 15) is 13.2 Å². The van der Waals surface area contributed by atoms with Crippen LogP contribution in [0.2, 0.25) is 0 Å². The topological polar surface area (TPSA) is 59.4 Å². The summed E-state index contributed by atoms with van der Waals surface area (Å²) in [4.78, 5) is 14.8. The highest BCUT2D eigenvalue weighted by Gasteiger charge is 2.20. The van der Waals surface area contributed by atoms with E-state index in [0.717, 1.165) is 40.6 Å². The zero-order valence-corrected chi connectivity index (χ0v) is 17.3. The number of pyridine rings is 1. The van der Waals surface area contributed by atoms with E-state index in [0.29, 0.717) is 17.0 Å². The van der Waals surface area contributed by atoms with Crippen LogP contribution in [0.3, 0.4) is 0 Å². The SMILES string of the molecule is CS(=O)(=O)c1ccc2c(c1)CCCN2Cn1ccc(=O)c2cccc(Br)c21. The summed E-state index contributed by atoms with van der Waals surface area (Å²) in [5.41, 5.74) is 2.96. The Kier molecular flexibility index (Phi) is 4.60. The monoisotopic (exact) mass is 446 g/mol. The lowest BCUT2D eigenvalue weighted by Crippen LogP contribution is -2.32. The van der Waals surface area contributed by atoms with Crippen LogP contribution < -0.4 is 10.3 Å². The van der Waals surface area contributed by atoms with Gasteiger partial charge in [-0.1, -0.05) is 6.07 Å². The number of hydrogen-bond donors (Lipinski definition) is 0. The molecule has 5 nitrogen and oxygen atoms in total. The van der Waals surface area contributed by atoms with Crippen LogP contribution in [-0.2, 0) is 22.9 Å². The van der Waals surface area contributed by atoms with Gasteiger partial charge in [-0.15, -0.1) is 0 Å². The molecule has 0 saturated carbocycles. The molecular weight excluding hydrogens is 428 g/mol. The second-order valence-electron chi connectivity index (χ2n) is 6.86. The second kappa shape index (κ2) is 6.80. The molecule has 1 aliphatic heterocycles. The van der Waals surface area contributed by atoms with Gasteiger partial charge in [0.2, 0.25) is 0 Å². The Morgan fingerprint density at radius 1 is 1.15 bits per heavy atom. The molecule has 0 bridgehead atoms. The minimum Gasteiger partial charge on any atom is -0.353 e. The van der Waals surface area contributed by atoms with Crippen LogP contribution in [0.1, 0.15) is 12.0 Å². The van der Waals surface area contributed by atoms with Gasteiger partial charge < -0.3 is 9.47 Å². The van der Waals surface area contributed by atoms with E-state index < -0.39 is 9.84 Å². The van der Waals surface area contributed by atoms with Gasteiger partial charge in [0.15, 0.2) is 15.3 Å². The molecule has 1 aromatic heterocycles. The normalized spacial score (nSPS) is 14.4. The summed E-state index contributed by atoms with van der Waals surface area (Å²) in [6, 6.07) is 12.6. The Balaban J connectivity index is 1.77. The first-order chi connectivity index (χ1) is 12.8. The van der Waals surface area contributed by atoms with Crippen LogP contribution in [0.5, 0.6) is 0 Å². The number of anilines is 1. The molecule has 0 atom stereocenters. The average molecular weight is 447 g/mol. The molecule has 27 heavy (non-hydrogen) atoms. The number of para-hydroxylation sites is 1. The summed E-state index contributed by atoms with van der Waals surface area (Å²) in [5.74, 6) is 0. The van der Waals surface area contributed by atoms with E-state index in [1.165, 1.54) is 6.26 Å². The quantitative estimate of drug-likeness (QED) is 0.616. The lowest BCUT2D eigenvalue weighted by Gasteiger charge is -2.32. The van der Waals surface area contributed by atoms with Crippen molar-refractivity contribution in [2.45, 2.75) is 24.4 Å². The summed E-state index contributed by atoms with van der Waals surface area (Å²) in [6.45, 7) is 1.47. The van der Waals surface area contributed by atoms with Crippen LogP contribution in [-0.4, -0.2) is 25.8 Å². The Labute approximate surface area is 166 Å². The molecule has 3 aromatic rings. The average Bonchev–Trinajstić information content (AvgIpc) is 2.63. The van der Waals surface area contributed by atoms with Crippen molar-refractivity contribution in [2.24, 2.45) is 0 Å². The van der Waals surface area contributed by atoms with Crippen molar-refractivity contribution >= 4 is 42.4 Å². The van der Waals surface area contributed by atoms with Gasteiger partial charge >= 0.3 is 0 Å². The number of nitrogens with zero attached hydrogens (tertiary/aromatic N) is 2. The van der Waals surface area contributed by atoms with E-state index in [4.69, 9.17) is 0 Å². The van der Waals surface area contributed by atoms with Gasteiger partial charge in [-0.2, -0.15) is 0 Å². The summed E-state index contributed by atoms with van der Waals surface area (Å²) >= 11 is 3.56. The molecule has 0 amide bonds. The predicted octanol–water partition coefficient (Wildman–Crippen LogP) is 3.58. The zero-order chi connectivity index (χ0) is 19.2. The molecular formula is C20H19BrN2O3S. The number of halogens is 1. The highest BCUT2D eigenvalue weighted by atomic mass is 79.9. The van der Waals surface area contributed by atoms with Gasteiger partial charge in [-0.3, -0.25) is 4.79 Å².